The molecule has 0 spiro atoms. The summed E-state index contributed by atoms with van der Waals surface area (Å²) in [6.07, 6.45) is 0.956. The third kappa shape index (κ3) is 4.19. The van der Waals surface area contributed by atoms with Crippen molar-refractivity contribution < 1.29 is 13.9 Å². The Morgan fingerprint density at radius 1 is 1.09 bits per heavy atom. The number of oxazole rings is 1. The highest BCUT2D eigenvalue weighted by atomic mass is 35.5. The van der Waals surface area contributed by atoms with Crippen molar-refractivity contribution >= 4 is 17.5 Å². The number of ether oxygens (including phenoxy) is 1. The minimum Gasteiger partial charge on any atom is -0.497 e. The van der Waals surface area contributed by atoms with Crippen molar-refractivity contribution in [2.45, 2.75) is 25.8 Å². The van der Waals surface area contributed by atoms with E-state index in [1.165, 1.54) is 5.56 Å². The Hall–Kier alpha value is -3.57. The molecule has 2 heterocycles. The molecule has 1 aromatic heterocycles. The number of rotatable bonds is 5. The molecule has 172 valence electrons. The number of benzene rings is 3. The fraction of sp³-hybridized carbons (Fsp3) is 0.214. The van der Waals surface area contributed by atoms with Gasteiger partial charge >= 0.3 is 0 Å². The van der Waals surface area contributed by atoms with Crippen LogP contribution in [0.5, 0.6) is 5.75 Å². The second kappa shape index (κ2) is 9.35. The number of halogens is 1. The molecule has 6 heteroatoms. The van der Waals surface area contributed by atoms with Crippen molar-refractivity contribution in [2.75, 3.05) is 13.7 Å². The topological polar surface area (TPSA) is 55.6 Å². The lowest BCUT2D eigenvalue weighted by molar-refractivity contribution is -0.132. The Balaban J connectivity index is 1.46. The van der Waals surface area contributed by atoms with Gasteiger partial charge in [0, 0.05) is 17.1 Å². The lowest BCUT2D eigenvalue weighted by Crippen LogP contribution is -2.41. The van der Waals surface area contributed by atoms with Gasteiger partial charge < -0.3 is 14.1 Å². The zero-order valence-corrected chi connectivity index (χ0v) is 19.9. The highest BCUT2D eigenvalue weighted by molar-refractivity contribution is 6.31. The molecular weight excluding hydrogens is 448 g/mol. The molecule has 1 atom stereocenters. The van der Waals surface area contributed by atoms with Crippen molar-refractivity contribution in [3.63, 3.8) is 0 Å². The van der Waals surface area contributed by atoms with Crippen molar-refractivity contribution in [1.29, 1.82) is 0 Å². The quantitative estimate of drug-likeness (QED) is 0.356. The van der Waals surface area contributed by atoms with Gasteiger partial charge in [0.2, 0.25) is 11.8 Å². The standard InChI is InChI=1S/C28H25ClN2O3/c1-18-25(30-28(34-18)20-9-7-10-21(16-20)33-2)17-26(32)31-15-14-19-8-3-4-11-22(19)27(31)23-12-5-6-13-24(23)29/h3-13,16,27H,14-15,17H2,1-2H3/t27-/m1/s1. The molecular formula is C28H25ClN2O3. The number of carbonyl (C=O) groups excluding carboxylic acids is 1. The summed E-state index contributed by atoms with van der Waals surface area (Å²) in [5, 5.41) is 0.653. The van der Waals surface area contributed by atoms with E-state index in [9.17, 15) is 4.79 Å². The predicted octanol–water partition coefficient (Wildman–Crippen LogP) is 6.03. The maximum absolute atomic E-state index is 13.7. The molecule has 1 amide bonds. The molecule has 0 unspecified atom stereocenters. The van der Waals surface area contributed by atoms with E-state index < -0.39 is 0 Å². The number of carbonyl (C=O) groups is 1. The molecule has 0 fully saturated rings. The Morgan fingerprint density at radius 3 is 2.65 bits per heavy atom. The van der Waals surface area contributed by atoms with Crippen LogP contribution in [0.25, 0.3) is 11.5 Å². The number of fused-ring (bicyclic) bond motifs is 1. The number of hydrogen-bond donors (Lipinski definition) is 0. The summed E-state index contributed by atoms with van der Waals surface area (Å²) in [7, 11) is 1.62. The van der Waals surface area contributed by atoms with E-state index in [0.717, 1.165) is 28.9 Å². The van der Waals surface area contributed by atoms with Crippen molar-refractivity contribution in [3.05, 3.63) is 106 Å². The van der Waals surface area contributed by atoms with Crippen LogP contribution in [0.15, 0.2) is 77.2 Å². The van der Waals surface area contributed by atoms with E-state index in [-0.39, 0.29) is 18.4 Å². The monoisotopic (exact) mass is 472 g/mol. The first kappa shape index (κ1) is 22.2. The van der Waals surface area contributed by atoms with Gasteiger partial charge in [0.25, 0.3) is 0 Å². The summed E-state index contributed by atoms with van der Waals surface area (Å²) in [6.45, 7) is 2.46. The van der Waals surface area contributed by atoms with E-state index >= 15 is 0 Å². The second-order valence-electron chi connectivity index (χ2n) is 8.39. The first-order chi connectivity index (χ1) is 16.5. The van der Waals surface area contributed by atoms with Crippen LogP contribution in [0.4, 0.5) is 0 Å². The minimum absolute atomic E-state index is 0.00647. The summed E-state index contributed by atoms with van der Waals surface area (Å²) >= 11 is 6.60. The van der Waals surface area contributed by atoms with E-state index in [1.807, 2.05) is 72.5 Å². The van der Waals surface area contributed by atoms with Crippen LogP contribution in [0.1, 0.15) is 34.2 Å². The Bertz CT molecular complexity index is 1350. The fourth-order valence-electron chi connectivity index (χ4n) is 4.58. The average Bonchev–Trinajstić information content (AvgIpc) is 3.23. The molecule has 34 heavy (non-hydrogen) atoms. The molecule has 4 aromatic rings. The summed E-state index contributed by atoms with van der Waals surface area (Å²) in [4.78, 5) is 20.2. The Kier molecular flexibility index (Phi) is 6.12. The van der Waals surface area contributed by atoms with Crippen LogP contribution in [-0.2, 0) is 17.6 Å². The van der Waals surface area contributed by atoms with E-state index in [0.29, 0.717) is 28.9 Å². The lowest BCUT2D eigenvalue weighted by atomic mass is 9.88. The summed E-state index contributed by atoms with van der Waals surface area (Å²) in [6, 6.07) is 23.3. The number of hydrogen-bond acceptors (Lipinski definition) is 4. The zero-order chi connectivity index (χ0) is 23.7. The zero-order valence-electron chi connectivity index (χ0n) is 19.1. The molecule has 0 saturated carbocycles. The van der Waals surface area contributed by atoms with E-state index in [4.69, 9.17) is 20.8 Å². The fourth-order valence-corrected chi connectivity index (χ4v) is 4.82. The molecule has 0 aliphatic carbocycles. The van der Waals surface area contributed by atoms with Crippen LogP contribution in [0.3, 0.4) is 0 Å². The summed E-state index contributed by atoms with van der Waals surface area (Å²) < 4.78 is 11.2. The summed E-state index contributed by atoms with van der Waals surface area (Å²) in [5.41, 5.74) is 4.73. The van der Waals surface area contributed by atoms with E-state index in [2.05, 4.69) is 17.1 Å². The first-order valence-electron chi connectivity index (χ1n) is 11.3. The molecule has 5 nitrogen and oxygen atoms in total. The largest absolute Gasteiger partial charge is 0.497 e. The van der Waals surface area contributed by atoms with Gasteiger partial charge in [-0.2, -0.15) is 0 Å². The number of nitrogens with zero attached hydrogens (tertiary/aromatic N) is 2. The van der Waals surface area contributed by atoms with Crippen molar-refractivity contribution in [1.82, 2.24) is 9.88 Å². The second-order valence-corrected chi connectivity index (χ2v) is 8.80. The molecule has 1 aliphatic heterocycles. The third-order valence-electron chi connectivity index (χ3n) is 6.33. The van der Waals surface area contributed by atoms with Crippen LogP contribution in [0, 0.1) is 6.92 Å². The normalized spacial score (nSPS) is 15.1. The van der Waals surface area contributed by atoms with Gasteiger partial charge in [-0.3, -0.25) is 4.79 Å². The maximum Gasteiger partial charge on any atom is 0.229 e. The molecule has 1 aliphatic rings. The Morgan fingerprint density at radius 2 is 1.85 bits per heavy atom. The number of aromatic nitrogens is 1. The van der Waals surface area contributed by atoms with Crippen LogP contribution < -0.4 is 4.74 Å². The summed E-state index contributed by atoms with van der Waals surface area (Å²) in [5.74, 6) is 1.83. The molecule has 5 rings (SSSR count). The highest BCUT2D eigenvalue weighted by Crippen LogP contribution is 2.38. The van der Waals surface area contributed by atoms with Gasteiger partial charge in [0.05, 0.1) is 25.3 Å². The van der Waals surface area contributed by atoms with Gasteiger partial charge in [-0.15, -0.1) is 0 Å². The van der Waals surface area contributed by atoms with Crippen LogP contribution in [0.2, 0.25) is 5.02 Å². The smallest absolute Gasteiger partial charge is 0.229 e. The number of amides is 1. The van der Waals surface area contributed by atoms with Gasteiger partial charge in [-0.05, 0) is 54.3 Å². The number of methoxy groups -OCH3 is 1. The third-order valence-corrected chi connectivity index (χ3v) is 6.68. The minimum atomic E-state index is -0.240. The molecule has 0 radical (unpaired) electrons. The van der Waals surface area contributed by atoms with Crippen molar-refractivity contribution in [3.8, 4) is 17.2 Å². The SMILES string of the molecule is COc1cccc(-c2nc(CC(=O)N3CCc4ccccc4[C@@H]3c3ccccc3Cl)c(C)o2)c1. The van der Waals surface area contributed by atoms with Crippen LogP contribution >= 0.6 is 11.6 Å². The van der Waals surface area contributed by atoms with Crippen molar-refractivity contribution in [2.24, 2.45) is 0 Å². The Labute approximate surface area is 204 Å². The molecule has 3 aromatic carbocycles. The predicted molar refractivity (Wildman–Crippen MR) is 132 cm³/mol. The van der Waals surface area contributed by atoms with Gasteiger partial charge in [0.1, 0.15) is 11.5 Å². The lowest BCUT2D eigenvalue weighted by Gasteiger charge is -2.38. The van der Waals surface area contributed by atoms with Gasteiger partial charge in [0.15, 0.2) is 0 Å². The highest BCUT2D eigenvalue weighted by Gasteiger charge is 2.33. The van der Waals surface area contributed by atoms with Gasteiger partial charge in [-0.1, -0.05) is 60.1 Å². The van der Waals surface area contributed by atoms with Gasteiger partial charge in [-0.25, -0.2) is 4.98 Å². The average molecular weight is 473 g/mol. The molecule has 0 saturated heterocycles. The first-order valence-corrected chi connectivity index (χ1v) is 11.7. The number of aryl methyl sites for hydroxylation is 1. The van der Waals surface area contributed by atoms with Crippen LogP contribution in [-0.4, -0.2) is 29.4 Å². The van der Waals surface area contributed by atoms with E-state index in [1.54, 1.807) is 7.11 Å². The molecule has 0 N–H and O–H groups in total. The maximum atomic E-state index is 13.7. The molecule has 0 bridgehead atoms.